The molecule has 3 rings (SSSR count). The van der Waals surface area contributed by atoms with Crippen LogP contribution in [-0.4, -0.2) is 0 Å². The van der Waals surface area contributed by atoms with Crippen LogP contribution in [0.1, 0.15) is 16.0 Å². The number of rotatable bonds is 3. The van der Waals surface area contributed by atoms with Gasteiger partial charge in [-0.2, -0.15) is 0 Å². The molecule has 0 spiro atoms. The van der Waals surface area contributed by atoms with Crippen molar-refractivity contribution in [2.24, 2.45) is 0 Å². The van der Waals surface area contributed by atoms with Crippen molar-refractivity contribution in [3.8, 4) is 0 Å². The topological polar surface area (TPSA) is 12.0 Å². The second-order valence-corrected chi connectivity index (χ2v) is 6.09. The Morgan fingerprint density at radius 2 is 1.79 bits per heavy atom. The molecule has 0 saturated carbocycles. The van der Waals surface area contributed by atoms with Gasteiger partial charge in [-0.1, -0.05) is 30.3 Å². The fourth-order valence-corrected chi connectivity index (χ4v) is 3.30. The third-order valence-electron chi connectivity index (χ3n) is 3.51. The summed E-state index contributed by atoms with van der Waals surface area (Å²) in [5, 5.41) is 4.87. The molecule has 0 aliphatic heterocycles. The Labute approximate surface area is 117 Å². The molecule has 1 heterocycles. The van der Waals surface area contributed by atoms with Crippen molar-refractivity contribution < 1.29 is 0 Å². The van der Waals surface area contributed by atoms with E-state index in [-0.39, 0.29) is 0 Å². The number of hydrogen-bond acceptors (Lipinski definition) is 2. The molecule has 1 nitrogen and oxygen atoms in total. The number of hydrogen-bond donors (Lipinski definition) is 1. The first-order valence-electron chi connectivity index (χ1n) is 6.51. The minimum atomic E-state index is 0.870. The quantitative estimate of drug-likeness (QED) is 0.693. The second kappa shape index (κ2) is 5.06. The number of benzene rings is 2. The summed E-state index contributed by atoms with van der Waals surface area (Å²) in [7, 11) is 0. The molecule has 1 N–H and O–H groups in total. The van der Waals surface area contributed by atoms with Gasteiger partial charge in [0.25, 0.3) is 0 Å². The van der Waals surface area contributed by atoms with Crippen LogP contribution in [0.4, 0.5) is 5.69 Å². The largest absolute Gasteiger partial charge is 0.381 e. The fourth-order valence-electron chi connectivity index (χ4n) is 2.25. The van der Waals surface area contributed by atoms with Crippen LogP contribution in [0.5, 0.6) is 0 Å². The van der Waals surface area contributed by atoms with Crippen molar-refractivity contribution >= 4 is 27.1 Å². The van der Waals surface area contributed by atoms with Crippen LogP contribution in [0, 0.1) is 13.8 Å². The summed E-state index contributed by atoms with van der Waals surface area (Å²) < 4.78 is 1.38. The molecule has 2 aromatic carbocycles. The van der Waals surface area contributed by atoms with E-state index in [1.807, 2.05) is 17.4 Å². The third-order valence-corrected chi connectivity index (χ3v) is 4.70. The summed E-state index contributed by atoms with van der Waals surface area (Å²) in [5.41, 5.74) is 3.90. The van der Waals surface area contributed by atoms with Gasteiger partial charge in [-0.15, -0.1) is 11.3 Å². The van der Waals surface area contributed by atoms with Crippen LogP contribution in [-0.2, 0) is 6.54 Å². The maximum Gasteiger partial charge on any atom is 0.0400 e. The third kappa shape index (κ3) is 2.49. The van der Waals surface area contributed by atoms with Gasteiger partial charge in [0.2, 0.25) is 0 Å². The highest BCUT2D eigenvalue weighted by molar-refractivity contribution is 7.19. The molecule has 0 bridgehead atoms. The first kappa shape index (κ1) is 12.2. The molecule has 0 aliphatic rings. The lowest BCUT2D eigenvalue weighted by Crippen LogP contribution is -1.98. The van der Waals surface area contributed by atoms with E-state index in [2.05, 4.69) is 61.6 Å². The highest BCUT2D eigenvalue weighted by Crippen LogP contribution is 2.32. The Balaban J connectivity index is 1.83. The van der Waals surface area contributed by atoms with Crippen LogP contribution >= 0.6 is 11.3 Å². The van der Waals surface area contributed by atoms with Crippen molar-refractivity contribution in [3.05, 3.63) is 64.5 Å². The molecule has 0 amide bonds. The van der Waals surface area contributed by atoms with Gasteiger partial charge in [0, 0.05) is 21.8 Å². The zero-order valence-corrected chi connectivity index (χ0v) is 12.1. The van der Waals surface area contributed by atoms with E-state index in [0.717, 1.165) is 6.54 Å². The Bertz CT molecular complexity index is 698. The van der Waals surface area contributed by atoms with Crippen molar-refractivity contribution in [2.75, 3.05) is 5.32 Å². The Morgan fingerprint density at radius 3 is 2.58 bits per heavy atom. The summed E-state index contributed by atoms with van der Waals surface area (Å²) in [4.78, 5) is 1.41. The molecule has 96 valence electrons. The lowest BCUT2D eigenvalue weighted by molar-refractivity contribution is 1.15. The van der Waals surface area contributed by atoms with E-state index < -0.39 is 0 Å². The first-order chi connectivity index (χ1) is 9.24. The summed E-state index contributed by atoms with van der Waals surface area (Å²) >= 11 is 1.87. The molecule has 0 unspecified atom stereocenters. The van der Waals surface area contributed by atoms with Gasteiger partial charge in [-0.25, -0.2) is 0 Å². The molecular weight excluding hydrogens is 250 g/mol. The number of anilines is 1. The van der Waals surface area contributed by atoms with E-state index >= 15 is 0 Å². The van der Waals surface area contributed by atoms with Crippen molar-refractivity contribution in [3.63, 3.8) is 0 Å². The fraction of sp³-hybridized carbons (Fsp3) is 0.176. The van der Waals surface area contributed by atoms with Crippen LogP contribution in [0.3, 0.4) is 0 Å². The Kier molecular flexibility index (Phi) is 3.26. The molecule has 0 saturated heterocycles. The monoisotopic (exact) mass is 267 g/mol. The van der Waals surface area contributed by atoms with E-state index in [1.165, 1.54) is 31.8 Å². The minimum Gasteiger partial charge on any atom is -0.381 e. The zero-order valence-electron chi connectivity index (χ0n) is 11.2. The molecule has 1 aromatic heterocycles. The van der Waals surface area contributed by atoms with Gasteiger partial charge in [0.1, 0.15) is 0 Å². The summed E-state index contributed by atoms with van der Waals surface area (Å²) in [5.74, 6) is 0. The Hall–Kier alpha value is -1.80. The highest BCUT2D eigenvalue weighted by atomic mass is 32.1. The summed E-state index contributed by atoms with van der Waals surface area (Å²) in [6.45, 7) is 5.26. The molecule has 3 aromatic rings. The number of fused-ring (bicyclic) bond motifs is 1. The lowest BCUT2D eigenvalue weighted by atomic mass is 10.1. The van der Waals surface area contributed by atoms with E-state index in [9.17, 15) is 0 Å². The number of nitrogens with one attached hydrogen (secondary N) is 1. The standard InChI is InChI=1S/C17H17NS/c1-12-13(2)19-17-9-8-15(10-16(12)17)18-11-14-6-4-3-5-7-14/h3-10,18H,11H2,1-2H3. The van der Waals surface area contributed by atoms with Gasteiger partial charge in [0.15, 0.2) is 0 Å². The average Bonchev–Trinajstić information content (AvgIpc) is 2.73. The van der Waals surface area contributed by atoms with Crippen LogP contribution in [0.15, 0.2) is 48.5 Å². The van der Waals surface area contributed by atoms with Gasteiger partial charge in [0.05, 0.1) is 0 Å². The maximum atomic E-state index is 3.49. The second-order valence-electron chi connectivity index (χ2n) is 4.83. The lowest BCUT2D eigenvalue weighted by Gasteiger charge is -2.07. The molecule has 0 radical (unpaired) electrons. The normalized spacial score (nSPS) is 10.8. The Morgan fingerprint density at radius 1 is 1.00 bits per heavy atom. The van der Waals surface area contributed by atoms with Gasteiger partial charge >= 0.3 is 0 Å². The molecule has 19 heavy (non-hydrogen) atoms. The van der Waals surface area contributed by atoms with Crippen molar-refractivity contribution in [1.29, 1.82) is 0 Å². The molecule has 0 fully saturated rings. The maximum absolute atomic E-state index is 3.49. The summed E-state index contributed by atoms with van der Waals surface area (Å²) in [6, 6.07) is 17.1. The summed E-state index contributed by atoms with van der Waals surface area (Å²) in [6.07, 6.45) is 0. The van der Waals surface area contributed by atoms with E-state index in [1.54, 1.807) is 0 Å². The first-order valence-corrected chi connectivity index (χ1v) is 7.33. The predicted octanol–water partition coefficient (Wildman–Crippen LogP) is 5.13. The van der Waals surface area contributed by atoms with E-state index in [4.69, 9.17) is 0 Å². The number of aryl methyl sites for hydroxylation is 2. The highest BCUT2D eigenvalue weighted by Gasteiger charge is 2.05. The van der Waals surface area contributed by atoms with Gasteiger partial charge in [-0.05, 0) is 48.6 Å². The SMILES string of the molecule is Cc1sc2ccc(NCc3ccccc3)cc2c1C. The zero-order chi connectivity index (χ0) is 13.2. The predicted molar refractivity (Wildman–Crippen MR) is 85.1 cm³/mol. The van der Waals surface area contributed by atoms with Gasteiger partial charge < -0.3 is 5.32 Å². The van der Waals surface area contributed by atoms with Gasteiger partial charge in [-0.3, -0.25) is 0 Å². The molecule has 0 aliphatic carbocycles. The average molecular weight is 267 g/mol. The smallest absolute Gasteiger partial charge is 0.0400 e. The van der Waals surface area contributed by atoms with Crippen LogP contribution in [0.25, 0.3) is 10.1 Å². The van der Waals surface area contributed by atoms with E-state index in [0.29, 0.717) is 0 Å². The molecule has 2 heteroatoms. The molecule has 0 atom stereocenters. The number of thiophene rings is 1. The van der Waals surface area contributed by atoms with Crippen molar-refractivity contribution in [2.45, 2.75) is 20.4 Å². The van der Waals surface area contributed by atoms with Crippen LogP contribution in [0.2, 0.25) is 0 Å². The molecular formula is C17H17NS. The van der Waals surface area contributed by atoms with Crippen LogP contribution < -0.4 is 5.32 Å². The minimum absolute atomic E-state index is 0.870. The van der Waals surface area contributed by atoms with Crippen molar-refractivity contribution in [1.82, 2.24) is 0 Å².